The number of rotatable bonds is 5. The van der Waals surface area contributed by atoms with Gasteiger partial charge in [0.05, 0.1) is 6.26 Å². The molecule has 3 heterocycles. The minimum atomic E-state index is -0.482. The summed E-state index contributed by atoms with van der Waals surface area (Å²) >= 11 is 1.81. The quantitative estimate of drug-likeness (QED) is 0.909. The number of thiophene rings is 1. The van der Waals surface area contributed by atoms with Gasteiger partial charge in [-0.15, -0.1) is 11.3 Å². The SMILES string of the molecule is O[C@H](C[C@H]1CCCN1Cc1cccs1)c1ccco1. The summed E-state index contributed by atoms with van der Waals surface area (Å²) in [6.45, 7) is 2.14. The van der Waals surface area contributed by atoms with Crippen LogP contribution in [0.1, 0.15) is 36.0 Å². The van der Waals surface area contributed by atoms with Crippen molar-refractivity contribution in [1.82, 2.24) is 4.90 Å². The lowest BCUT2D eigenvalue weighted by Gasteiger charge is -2.25. The minimum absolute atomic E-state index is 0.460. The molecule has 0 spiro atoms. The molecule has 19 heavy (non-hydrogen) atoms. The molecular weight excluding hydrogens is 258 g/mol. The Morgan fingerprint density at radius 2 is 2.37 bits per heavy atom. The van der Waals surface area contributed by atoms with E-state index in [1.807, 2.05) is 12.1 Å². The van der Waals surface area contributed by atoms with Gasteiger partial charge in [-0.25, -0.2) is 0 Å². The van der Waals surface area contributed by atoms with Crippen LogP contribution in [0, 0.1) is 0 Å². The second-order valence-electron chi connectivity index (χ2n) is 5.11. The molecule has 3 nitrogen and oxygen atoms in total. The maximum Gasteiger partial charge on any atom is 0.132 e. The molecule has 0 aliphatic carbocycles. The van der Waals surface area contributed by atoms with Crippen molar-refractivity contribution in [2.75, 3.05) is 6.54 Å². The van der Waals surface area contributed by atoms with Crippen molar-refractivity contribution in [1.29, 1.82) is 0 Å². The van der Waals surface area contributed by atoms with Gasteiger partial charge in [0, 0.05) is 17.5 Å². The third-order valence-corrected chi connectivity index (χ3v) is 4.67. The summed E-state index contributed by atoms with van der Waals surface area (Å²) in [7, 11) is 0. The molecule has 102 valence electrons. The van der Waals surface area contributed by atoms with Crippen LogP contribution in [0.4, 0.5) is 0 Å². The molecule has 4 heteroatoms. The molecule has 1 aliphatic rings. The second-order valence-corrected chi connectivity index (χ2v) is 6.15. The Morgan fingerprint density at radius 1 is 1.42 bits per heavy atom. The van der Waals surface area contributed by atoms with Crippen LogP contribution in [-0.2, 0) is 6.54 Å². The highest BCUT2D eigenvalue weighted by molar-refractivity contribution is 7.09. The maximum atomic E-state index is 10.2. The summed E-state index contributed by atoms with van der Waals surface area (Å²) in [5, 5.41) is 12.3. The lowest BCUT2D eigenvalue weighted by Crippen LogP contribution is -2.30. The first kappa shape index (κ1) is 12.9. The molecule has 1 saturated heterocycles. The summed E-state index contributed by atoms with van der Waals surface area (Å²) in [4.78, 5) is 3.89. The molecule has 2 atom stereocenters. The summed E-state index contributed by atoms with van der Waals surface area (Å²) < 4.78 is 5.28. The Kier molecular flexibility index (Phi) is 4.01. The zero-order chi connectivity index (χ0) is 13.1. The van der Waals surface area contributed by atoms with E-state index in [1.54, 1.807) is 17.6 Å². The van der Waals surface area contributed by atoms with Crippen LogP contribution in [0.3, 0.4) is 0 Å². The highest BCUT2D eigenvalue weighted by Crippen LogP contribution is 2.29. The molecule has 1 N–H and O–H groups in total. The Balaban J connectivity index is 1.60. The highest BCUT2D eigenvalue weighted by atomic mass is 32.1. The monoisotopic (exact) mass is 277 g/mol. The number of furan rings is 1. The number of hydrogen-bond acceptors (Lipinski definition) is 4. The van der Waals surface area contributed by atoms with Gasteiger partial charge in [-0.2, -0.15) is 0 Å². The Hall–Kier alpha value is -1.10. The van der Waals surface area contributed by atoms with Crippen molar-refractivity contribution in [2.24, 2.45) is 0 Å². The van der Waals surface area contributed by atoms with Gasteiger partial charge in [-0.05, 0) is 49.4 Å². The molecule has 0 aromatic carbocycles. The predicted molar refractivity (Wildman–Crippen MR) is 76.0 cm³/mol. The van der Waals surface area contributed by atoms with Crippen LogP contribution in [-0.4, -0.2) is 22.6 Å². The van der Waals surface area contributed by atoms with Crippen LogP contribution >= 0.6 is 11.3 Å². The molecule has 0 radical (unpaired) electrons. The van der Waals surface area contributed by atoms with Gasteiger partial charge in [0.2, 0.25) is 0 Å². The van der Waals surface area contributed by atoms with Gasteiger partial charge in [0.1, 0.15) is 11.9 Å². The lowest BCUT2D eigenvalue weighted by atomic mass is 10.1. The molecule has 2 aromatic rings. The van der Waals surface area contributed by atoms with Gasteiger partial charge in [-0.3, -0.25) is 4.90 Å². The topological polar surface area (TPSA) is 36.6 Å². The number of aliphatic hydroxyl groups excluding tert-OH is 1. The van der Waals surface area contributed by atoms with E-state index in [-0.39, 0.29) is 0 Å². The largest absolute Gasteiger partial charge is 0.467 e. The third kappa shape index (κ3) is 3.08. The Labute approximate surface area is 117 Å². The van der Waals surface area contributed by atoms with Crippen LogP contribution in [0.25, 0.3) is 0 Å². The summed E-state index contributed by atoms with van der Waals surface area (Å²) in [6, 6.07) is 8.42. The molecular formula is C15H19NO2S. The van der Waals surface area contributed by atoms with E-state index in [9.17, 15) is 5.11 Å². The maximum absolute atomic E-state index is 10.2. The zero-order valence-electron chi connectivity index (χ0n) is 10.9. The van der Waals surface area contributed by atoms with E-state index in [4.69, 9.17) is 4.42 Å². The Morgan fingerprint density at radius 3 is 3.11 bits per heavy atom. The van der Waals surface area contributed by atoms with Crippen molar-refractivity contribution < 1.29 is 9.52 Å². The molecule has 0 unspecified atom stereocenters. The fourth-order valence-electron chi connectivity index (χ4n) is 2.83. The van der Waals surface area contributed by atoms with Crippen LogP contribution < -0.4 is 0 Å². The van der Waals surface area contributed by atoms with Crippen molar-refractivity contribution in [3.05, 3.63) is 46.5 Å². The van der Waals surface area contributed by atoms with Crippen LogP contribution in [0.5, 0.6) is 0 Å². The van der Waals surface area contributed by atoms with Crippen LogP contribution in [0.15, 0.2) is 40.3 Å². The fraction of sp³-hybridized carbons (Fsp3) is 0.467. The smallest absolute Gasteiger partial charge is 0.132 e. The van der Waals surface area contributed by atoms with E-state index in [0.29, 0.717) is 11.8 Å². The first-order valence-electron chi connectivity index (χ1n) is 6.81. The van der Waals surface area contributed by atoms with Crippen LogP contribution in [0.2, 0.25) is 0 Å². The number of nitrogens with zero attached hydrogens (tertiary/aromatic N) is 1. The lowest BCUT2D eigenvalue weighted by molar-refractivity contribution is 0.0998. The summed E-state index contributed by atoms with van der Waals surface area (Å²) in [5.74, 6) is 0.683. The van der Waals surface area contributed by atoms with E-state index < -0.39 is 6.10 Å². The predicted octanol–water partition coefficient (Wildman–Crippen LogP) is 3.43. The molecule has 1 aliphatic heterocycles. The van der Waals surface area contributed by atoms with E-state index >= 15 is 0 Å². The molecule has 3 rings (SSSR count). The summed E-state index contributed by atoms with van der Waals surface area (Å²) in [5.41, 5.74) is 0. The molecule has 0 saturated carbocycles. The number of aliphatic hydroxyl groups is 1. The summed E-state index contributed by atoms with van der Waals surface area (Å²) in [6.07, 6.45) is 4.29. The average molecular weight is 277 g/mol. The van der Waals surface area contributed by atoms with Gasteiger partial charge in [0.15, 0.2) is 0 Å². The van der Waals surface area contributed by atoms with Crippen molar-refractivity contribution in [3.63, 3.8) is 0 Å². The normalized spacial score (nSPS) is 21.8. The average Bonchev–Trinajstić information content (AvgIpc) is 3.12. The third-order valence-electron chi connectivity index (χ3n) is 3.81. The van der Waals surface area contributed by atoms with Gasteiger partial charge < -0.3 is 9.52 Å². The molecule has 1 fully saturated rings. The molecule has 2 aromatic heterocycles. The highest BCUT2D eigenvalue weighted by Gasteiger charge is 2.28. The van der Waals surface area contributed by atoms with Gasteiger partial charge in [0.25, 0.3) is 0 Å². The number of hydrogen-bond donors (Lipinski definition) is 1. The first-order valence-corrected chi connectivity index (χ1v) is 7.69. The zero-order valence-corrected chi connectivity index (χ0v) is 11.7. The number of likely N-dealkylation sites (tertiary alicyclic amines) is 1. The standard InChI is InChI=1S/C15H19NO2S/c17-14(15-6-2-8-18-15)10-12-4-1-7-16(12)11-13-5-3-9-19-13/h2-3,5-6,8-9,12,14,17H,1,4,7,10-11H2/t12-,14-/m1/s1. The fourth-order valence-corrected chi connectivity index (χ4v) is 3.56. The van der Waals surface area contributed by atoms with Gasteiger partial charge >= 0.3 is 0 Å². The Bertz CT molecular complexity index is 480. The first-order chi connectivity index (χ1) is 9.33. The second kappa shape index (κ2) is 5.90. The van der Waals surface area contributed by atoms with Crippen molar-refractivity contribution in [3.8, 4) is 0 Å². The molecule has 0 amide bonds. The van der Waals surface area contributed by atoms with Gasteiger partial charge in [-0.1, -0.05) is 6.07 Å². The van der Waals surface area contributed by atoms with E-state index in [0.717, 1.165) is 19.5 Å². The van der Waals surface area contributed by atoms with E-state index in [1.165, 1.54) is 17.7 Å². The molecule has 0 bridgehead atoms. The van der Waals surface area contributed by atoms with Crippen molar-refractivity contribution >= 4 is 11.3 Å². The van der Waals surface area contributed by atoms with E-state index in [2.05, 4.69) is 22.4 Å². The minimum Gasteiger partial charge on any atom is -0.467 e. The van der Waals surface area contributed by atoms with Crippen molar-refractivity contribution in [2.45, 2.75) is 38.0 Å².